The van der Waals surface area contributed by atoms with Gasteiger partial charge < -0.3 is 5.32 Å². The number of carbonyl (C=O) groups excluding carboxylic acids is 1. The minimum atomic E-state index is -0.0924. The van der Waals surface area contributed by atoms with Crippen molar-refractivity contribution in [2.45, 2.75) is 39.2 Å². The number of aromatic nitrogens is 2. The van der Waals surface area contributed by atoms with Gasteiger partial charge in [0.05, 0.1) is 0 Å². The van der Waals surface area contributed by atoms with Crippen LogP contribution in [-0.4, -0.2) is 22.2 Å². The average molecular weight is 297 g/mol. The van der Waals surface area contributed by atoms with Gasteiger partial charge in [-0.3, -0.25) is 9.48 Å². The summed E-state index contributed by atoms with van der Waals surface area (Å²) in [6.07, 6.45) is 2.93. The molecular weight excluding hydrogens is 274 g/mol. The fourth-order valence-corrected chi connectivity index (χ4v) is 3.34. The standard InChI is InChI=1S/C18H23N3O/c1-4-21-11-10-15(20-21)16(22)19-13-18(12-17(18,2)3)14-8-6-5-7-9-14/h5-11H,4,12-13H2,1-3H3,(H,19,22)/t18-/m1/s1. The van der Waals surface area contributed by atoms with Gasteiger partial charge >= 0.3 is 0 Å². The Hall–Kier alpha value is -2.10. The highest BCUT2D eigenvalue weighted by molar-refractivity contribution is 5.92. The van der Waals surface area contributed by atoms with Crippen molar-refractivity contribution in [1.29, 1.82) is 0 Å². The first-order valence-electron chi connectivity index (χ1n) is 7.86. The summed E-state index contributed by atoms with van der Waals surface area (Å²) in [4.78, 5) is 12.3. The zero-order valence-electron chi connectivity index (χ0n) is 13.5. The summed E-state index contributed by atoms with van der Waals surface area (Å²) in [5, 5.41) is 7.34. The van der Waals surface area contributed by atoms with Crippen LogP contribution in [0.2, 0.25) is 0 Å². The van der Waals surface area contributed by atoms with E-state index in [9.17, 15) is 4.79 Å². The lowest BCUT2D eigenvalue weighted by Gasteiger charge is -2.21. The molecule has 116 valence electrons. The second-order valence-electron chi connectivity index (χ2n) is 6.75. The first-order valence-corrected chi connectivity index (χ1v) is 7.86. The van der Waals surface area contributed by atoms with Crippen molar-refractivity contribution >= 4 is 5.91 Å². The van der Waals surface area contributed by atoms with Crippen LogP contribution in [0.5, 0.6) is 0 Å². The van der Waals surface area contributed by atoms with E-state index >= 15 is 0 Å². The third-order valence-corrected chi connectivity index (χ3v) is 4.99. The summed E-state index contributed by atoms with van der Waals surface area (Å²) in [6.45, 7) is 7.96. The van der Waals surface area contributed by atoms with Crippen molar-refractivity contribution in [2.75, 3.05) is 6.54 Å². The number of hydrogen-bond donors (Lipinski definition) is 1. The predicted molar refractivity (Wildman–Crippen MR) is 86.8 cm³/mol. The maximum absolute atomic E-state index is 12.3. The van der Waals surface area contributed by atoms with Crippen LogP contribution in [0.25, 0.3) is 0 Å². The van der Waals surface area contributed by atoms with Crippen LogP contribution >= 0.6 is 0 Å². The summed E-state index contributed by atoms with van der Waals surface area (Å²) in [6, 6.07) is 12.3. The van der Waals surface area contributed by atoms with Crippen molar-refractivity contribution in [3.8, 4) is 0 Å². The lowest BCUT2D eigenvalue weighted by molar-refractivity contribution is 0.0942. The quantitative estimate of drug-likeness (QED) is 0.922. The zero-order valence-corrected chi connectivity index (χ0v) is 13.5. The molecule has 1 aliphatic rings. The zero-order chi connectivity index (χ0) is 15.8. The predicted octanol–water partition coefficient (Wildman–Crippen LogP) is 3.00. The molecule has 0 spiro atoms. The van der Waals surface area contributed by atoms with Crippen LogP contribution in [0.4, 0.5) is 0 Å². The van der Waals surface area contributed by atoms with E-state index in [1.54, 1.807) is 10.7 Å². The normalized spacial score (nSPS) is 22.3. The van der Waals surface area contributed by atoms with Crippen molar-refractivity contribution in [1.82, 2.24) is 15.1 Å². The molecule has 0 unspecified atom stereocenters. The number of aryl methyl sites for hydroxylation is 1. The van der Waals surface area contributed by atoms with Crippen molar-refractivity contribution < 1.29 is 4.79 Å². The maximum Gasteiger partial charge on any atom is 0.271 e. The fraction of sp³-hybridized carbons (Fsp3) is 0.444. The van der Waals surface area contributed by atoms with Gasteiger partial charge in [-0.1, -0.05) is 44.2 Å². The highest BCUT2D eigenvalue weighted by Crippen LogP contribution is 2.63. The summed E-state index contributed by atoms with van der Waals surface area (Å²) in [5.74, 6) is -0.0924. The van der Waals surface area contributed by atoms with E-state index in [0.717, 1.165) is 13.0 Å². The lowest BCUT2D eigenvalue weighted by atomic mass is 9.88. The van der Waals surface area contributed by atoms with Crippen LogP contribution in [0.1, 0.15) is 43.2 Å². The topological polar surface area (TPSA) is 46.9 Å². The summed E-state index contributed by atoms with van der Waals surface area (Å²) in [5.41, 5.74) is 2.05. The number of amides is 1. The first kappa shape index (κ1) is 14.8. The van der Waals surface area contributed by atoms with Gasteiger partial charge in [-0.15, -0.1) is 0 Å². The van der Waals surface area contributed by atoms with Gasteiger partial charge in [0.15, 0.2) is 0 Å². The Morgan fingerprint density at radius 1 is 1.27 bits per heavy atom. The largest absolute Gasteiger partial charge is 0.350 e. The minimum Gasteiger partial charge on any atom is -0.350 e. The molecule has 1 amide bonds. The first-order chi connectivity index (χ1) is 10.5. The molecule has 22 heavy (non-hydrogen) atoms. The number of nitrogens with zero attached hydrogens (tertiary/aromatic N) is 2. The molecule has 0 saturated heterocycles. The monoisotopic (exact) mass is 297 g/mol. The fourth-order valence-electron chi connectivity index (χ4n) is 3.34. The minimum absolute atomic E-state index is 0.0389. The van der Waals surface area contributed by atoms with E-state index < -0.39 is 0 Å². The summed E-state index contributed by atoms with van der Waals surface area (Å²) in [7, 11) is 0. The van der Waals surface area contributed by atoms with Gasteiger partial charge in [0, 0.05) is 24.7 Å². The van der Waals surface area contributed by atoms with Crippen LogP contribution < -0.4 is 5.32 Å². The molecular formula is C18H23N3O. The molecule has 1 aromatic heterocycles. The number of nitrogens with one attached hydrogen (secondary N) is 1. The van der Waals surface area contributed by atoms with Crippen LogP contribution in [-0.2, 0) is 12.0 Å². The second kappa shape index (κ2) is 5.27. The smallest absolute Gasteiger partial charge is 0.271 e. The second-order valence-corrected chi connectivity index (χ2v) is 6.75. The molecule has 1 saturated carbocycles. The molecule has 1 aliphatic carbocycles. The average Bonchev–Trinajstić information content (AvgIpc) is 2.90. The van der Waals surface area contributed by atoms with Crippen LogP contribution in [0, 0.1) is 5.41 Å². The third kappa shape index (κ3) is 2.43. The molecule has 0 radical (unpaired) electrons. The number of benzene rings is 1. The molecule has 1 N–H and O–H groups in total. The van der Waals surface area contributed by atoms with Crippen molar-refractivity contribution in [3.63, 3.8) is 0 Å². The van der Waals surface area contributed by atoms with Gasteiger partial charge in [0.1, 0.15) is 5.69 Å². The van der Waals surface area contributed by atoms with Gasteiger partial charge in [0.2, 0.25) is 0 Å². The number of hydrogen-bond acceptors (Lipinski definition) is 2. The van der Waals surface area contributed by atoms with E-state index in [1.165, 1.54) is 5.56 Å². The molecule has 2 aromatic rings. The molecule has 0 aliphatic heterocycles. The molecule has 3 rings (SSSR count). The van der Waals surface area contributed by atoms with E-state index in [1.807, 2.05) is 19.2 Å². The Kier molecular flexibility index (Phi) is 3.55. The molecule has 0 bridgehead atoms. The van der Waals surface area contributed by atoms with Gasteiger partial charge in [-0.2, -0.15) is 5.10 Å². The van der Waals surface area contributed by atoms with Gasteiger partial charge in [0.25, 0.3) is 5.91 Å². The molecule has 1 heterocycles. The Balaban J connectivity index is 1.73. The summed E-state index contributed by atoms with van der Waals surface area (Å²) < 4.78 is 1.77. The number of carbonyl (C=O) groups is 1. The third-order valence-electron chi connectivity index (χ3n) is 4.99. The Morgan fingerprint density at radius 2 is 1.95 bits per heavy atom. The van der Waals surface area contributed by atoms with Gasteiger partial charge in [-0.05, 0) is 30.4 Å². The van der Waals surface area contributed by atoms with E-state index in [0.29, 0.717) is 12.2 Å². The highest BCUT2D eigenvalue weighted by Gasteiger charge is 2.61. The lowest BCUT2D eigenvalue weighted by Crippen LogP contribution is -2.35. The SMILES string of the molecule is CCn1ccc(C(=O)NC[C@@]2(c3ccccc3)CC2(C)C)n1. The van der Waals surface area contributed by atoms with Crippen molar-refractivity contribution in [2.24, 2.45) is 5.41 Å². The summed E-state index contributed by atoms with van der Waals surface area (Å²) >= 11 is 0. The van der Waals surface area contributed by atoms with Gasteiger partial charge in [-0.25, -0.2) is 0 Å². The highest BCUT2D eigenvalue weighted by atomic mass is 16.1. The van der Waals surface area contributed by atoms with E-state index in [4.69, 9.17) is 0 Å². The van der Waals surface area contributed by atoms with Crippen molar-refractivity contribution in [3.05, 3.63) is 53.9 Å². The Morgan fingerprint density at radius 3 is 2.50 bits per heavy atom. The molecule has 1 fully saturated rings. The maximum atomic E-state index is 12.3. The molecule has 4 heteroatoms. The van der Waals surface area contributed by atoms with Crippen LogP contribution in [0.15, 0.2) is 42.6 Å². The Labute approximate surface area is 131 Å². The van der Waals surface area contributed by atoms with Crippen LogP contribution in [0.3, 0.4) is 0 Å². The molecule has 4 nitrogen and oxygen atoms in total. The molecule has 1 aromatic carbocycles. The van der Waals surface area contributed by atoms with E-state index in [2.05, 4.69) is 48.5 Å². The number of rotatable bonds is 5. The Bertz CT molecular complexity index is 675. The molecule has 1 atom stereocenters. The van der Waals surface area contributed by atoms with E-state index in [-0.39, 0.29) is 16.7 Å².